The van der Waals surface area contributed by atoms with Gasteiger partial charge in [0, 0.05) is 30.1 Å². The predicted molar refractivity (Wildman–Crippen MR) is 89.2 cm³/mol. The molecule has 0 spiro atoms. The second-order valence-electron chi connectivity index (χ2n) is 5.85. The van der Waals surface area contributed by atoms with Crippen molar-refractivity contribution in [2.75, 3.05) is 7.11 Å². The van der Waals surface area contributed by atoms with E-state index in [1.54, 1.807) is 24.9 Å². The van der Waals surface area contributed by atoms with E-state index in [0.29, 0.717) is 0 Å². The Hall–Kier alpha value is -1.66. The molecule has 5 nitrogen and oxygen atoms in total. The summed E-state index contributed by atoms with van der Waals surface area (Å²) in [5.41, 5.74) is 2.76. The fraction of sp³-hybridized carbons (Fsp3) is 0.375. The number of hydrogen-bond acceptors (Lipinski definition) is 3. The fourth-order valence-corrected chi connectivity index (χ4v) is 3.64. The summed E-state index contributed by atoms with van der Waals surface area (Å²) in [4.78, 5) is 17.2. The summed E-state index contributed by atoms with van der Waals surface area (Å²) in [5.74, 6) is 0. The topological polar surface area (TPSA) is 49.0 Å². The molecule has 0 N–H and O–H groups in total. The number of hydrogen-bond donors (Lipinski definition) is 0. The van der Waals surface area contributed by atoms with Gasteiger partial charge in [-0.2, -0.15) is 0 Å². The van der Waals surface area contributed by atoms with Crippen LogP contribution in [0, 0.1) is 0 Å². The molecule has 0 aliphatic heterocycles. The summed E-state index contributed by atoms with van der Waals surface area (Å²) in [6.45, 7) is 0. The van der Waals surface area contributed by atoms with Gasteiger partial charge in [0.1, 0.15) is 0 Å². The number of nitrogens with zero attached hydrogens (tertiary/aromatic N) is 3. The summed E-state index contributed by atoms with van der Waals surface area (Å²) in [6.07, 6.45) is 3.81. The zero-order valence-corrected chi connectivity index (χ0v) is 14.0. The second kappa shape index (κ2) is 4.93. The minimum atomic E-state index is 0.0174. The van der Waals surface area contributed by atoms with Crippen LogP contribution in [0.5, 0.6) is 0 Å². The van der Waals surface area contributed by atoms with Gasteiger partial charge in [0.05, 0.1) is 28.9 Å². The summed E-state index contributed by atoms with van der Waals surface area (Å²) in [5, 5.41) is 1.01. The van der Waals surface area contributed by atoms with Crippen molar-refractivity contribution in [3.63, 3.8) is 0 Å². The van der Waals surface area contributed by atoms with Crippen LogP contribution in [0.2, 0.25) is 0 Å². The van der Waals surface area contributed by atoms with E-state index in [-0.39, 0.29) is 17.8 Å². The van der Waals surface area contributed by atoms with Crippen LogP contribution >= 0.6 is 15.9 Å². The van der Waals surface area contributed by atoms with E-state index in [0.717, 1.165) is 39.3 Å². The predicted octanol–water partition coefficient (Wildman–Crippen LogP) is 3.00. The number of aromatic nitrogens is 3. The Kier molecular flexibility index (Phi) is 3.13. The number of pyridine rings is 1. The number of aryl methyl sites for hydroxylation is 1. The zero-order chi connectivity index (χ0) is 15.4. The molecule has 2 heterocycles. The highest BCUT2D eigenvalue weighted by Crippen LogP contribution is 2.37. The molecule has 0 saturated heterocycles. The van der Waals surface area contributed by atoms with Crippen LogP contribution in [0.25, 0.3) is 21.9 Å². The van der Waals surface area contributed by atoms with Gasteiger partial charge in [-0.05, 0) is 31.0 Å². The molecule has 0 amide bonds. The lowest BCUT2D eigenvalue weighted by atomic mass is 9.89. The van der Waals surface area contributed by atoms with Crippen LogP contribution in [0.15, 0.2) is 33.7 Å². The third kappa shape index (κ3) is 1.87. The first-order valence-corrected chi connectivity index (χ1v) is 8.07. The zero-order valence-electron chi connectivity index (χ0n) is 12.4. The third-order valence-electron chi connectivity index (χ3n) is 4.65. The number of imidazole rings is 1. The van der Waals surface area contributed by atoms with Crippen molar-refractivity contribution >= 4 is 37.9 Å². The lowest BCUT2D eigenvalue weighted by Crippen LogP contribution is -2.37. The van der Waals surface area contributed by atoms with Crippen molar-refractivity contribution in [2.45, 2.75) is 25.0 Å². The Labute approximate surface area is 135 Å². The minimum absolute atomic E-state index is 0.0174. The quantitative estimate of drug-likeness (QED) is 0.704. The Morgan fingerprint density at radius 2 is 2.14 bits per heavy atom. The summed E-state index contributed by atoms with van der Waals surface area (Å²) in [6, 6.07) is 6.18. The highest BCUT2D eigenvalue weighted by Gasteiger charge is 2.33. The Morgan fingerprint density at radius 1 is 1.36 bits per heavy atom. The van der Waals surface area contributed by atoms with E-state index in [1.807, 2.05) is 22.8 Å². The lowest BCUT2D eigenvalue weighted by Gasteiger charge is -2.34. The number of methoxy groups -OCH3 is 1. The molecule has 1 saturated carbocycles. The van der Waals surface area contributed by atoms with Gasteiger partial charge in [0.25, 0.3) is 0 Å². The van der Waals surface area contributed by atoms with Gasteiger partial charge in [0.15, 0.2) is 0 Å². The number of fused-ring (bicyclic) bond motifs is 3. The lowest BCUT2D eigenvalue weighted by molar-refractivity contribution is 0.00635. The van der Waals surface area contributed by atoms with E-state index in [1.165, 1.54) is 0 Å². The van der Waals surface area contributed by atoms with Crippen LogP contribution in [0.4, 0.5) is 0 Å². The number of benzene rings is 1. The van der Waals surface area contributed by atoms with Crippen molar-refractivity contribution in [3.05, 3.63) is 39.4 Å². The van der Waals surface area contributed by atoms with Crippen molar-refractivity contribution < 1.29 is 4.74 Å². The molecule has 6 heteroatoms. The normalized spacial score (nSPS) is 21.4. The Bertz CT molecular complexity index is 938. The fourth-order valence-electron chi connectivity index (χ4n) is 3.28. The summed E-state index contributed by atoms with van der Waals surface area (Å²) in [7, 11) is 3.53. The van der Waals surface area contributed by atoms with E-state index < -0.39 is 0 Å². The summed E-state index contributed by atoms with van der Waals surface area (Å²) >= 11 is 3.51. The maximum Gasteiger partial charge on any atom is 0.329 e. The molecule has 3 aromatic rings. The van der Waals surface area contributed by atoms with Gasteiger partial charge in [-0.15, -0.1) is 0 Å². The molecule has 1 aliphatic rings. The maximum absolute atomic E-state index is 12.7. The molecular weight excluding hydrogens is 346 g/mol. The largest absolute Gasteiger partial charge is 0.381 e. The molecule has 0 radical (unpaired) electrons. The van der Waals surface area contributed by atoms with Crippen LogP contribution in [0.1, 0.15) is 18.9 Å². The van der Waals surface area contributed by atoms with Gasteiger partial charge >= 0.3 is 5.69 Å². The first-order chi connectivity index (χ1) is 10.6. The molecular formula is C16H16BrN3O2. The maximum atomic E-state index is 12.7. The molecule has 0 atom stereocenters. The van der Waals surface area contributed by atoms with Crippen molar-refractivity contribution in [2.24, 2.45) is 7.05 Å². The Morgan fingerprint density at radius 3 is 2.86 bits per heavy atom. The standard InChI is InChI=1S/C16H16BrN3O2/c1-19-14-8-18-13-4-3-9(17)5-12(13)15(14)20(16(19)21)10-6-11(7-10)22-2/h3-5,8,10-11H,6-7H2,1-2H3/t10-,11-. The molecule has 114 valence electrons. The van der Waals surface area contributed by atoms with Gasteiger partial charge in [-0.25, -0.2) is 4.79 Å². The SMILES string of the molecule is CO[C@H]1C[C@H](n2c(=O)n(C)c3cnc4ccc(Br)cc4c32)C1. The van der Waals surface area contributed by atoms with E-state index in [9.17, 15) is 4.79 Å². The van der Waals surface area contributed by atoms with Crippen LogP contribution in [0.3, 0.4) is 0 Å². The molecule has 1 fully saturated rings. The van der Waals surface area contributed by atoms with Crippen molar-refractivity contribution in [3.8, 4) is 0 Å². The Balaban J connectivity index is 2.04. The number of rotatable bonds is 2. The summed E-state index contributed by atoms with van der Waals surface area (Å²) < 4.78 is 9.95. The van der Waals surface area contributed by atoms with Crippen LogP contribution < -0.4 is 5.69 Å². The van der Waals surface area contributed by atoms with Crippen LogP contribution in [-0.2, 0) is 11.8 Å². The molecule has 1 aromatic carbocycles. The van der Waals surface area contributed by atoms with Gasteiger partial charge in [0.2, 0.25) is 0 Å². The van der Waals surface area contributed by atoms with Crippen molar-refractivity contribution in [1.82, 2.24) is 14.1 Å². The monoisotopic (exact) mass is 361 g/mol. The van der Waals surface area contributed by atoms with E-state index in [2.05, 4.69) is 20.9 Å². The molecule has 22 heavy (non-hydrogen) atoms. The van der Waals surface area contributed by atoms with Gasteiger partial charge in [-0.1, -0.05) is 15.9 Å². The molecule has 1 aliphatic carbocycles. The first kappa shape index (κ1) is 14.0. The van der Waals surface area contributed by atoms with Crippen LogP contribution in [-0.4, -0.2) is 27.3 Å². The first-order valence-electron chi connectivity index (χ1n) is 7.28. The molecule has 2 aromatic heterocycles. The van der Waals surface area contributed by atoms with E-state index in [4.69, 9.17) is 4.74 Å². The van der Waals surface area contributed by atoms with E-state index >= 15 is 0 Å². The molecule has 0 bridgehead atoms. The minimum Gasteiger partial charge on any atom is -0.381 e. The highest BCUT2D eigenvalue weighted by atomic mass is 79.9. The molecule has 0 unspecified atom stereocenters. The average molecular weight is 362 g/mol. The van der Waals surface area contributed by atoms with Crippen molar-refractivity contribution in [1.29, 1.82) is 0 Å². The highest BCUT2D eigenvalue weighted by molar-refractivity contribution is 9.10. The van der Waals surface area contributed by atoms with Gasteiger partial charge in [-0.3, -0.25) is 14.1 Å². The number of ether oxygens (including phenoxy) is 1. The average Bonchev–Trinajstić information content (AvgIpc) is 2.72. The smallest absolute Gasteiger partial charge is 0.329 e. The molecule has 4 rings (SSSR count). The number of halogens is 1. The second-order valence-corrected chi connectivity index (χ2v) is 6.76. The van der Waals surface area contributed by atoms with Gasteiger partial charge < -0.3 is 4.74 Å². The third-order valence-corrected chi connectivity index (χ3v) is 5.14.